The van der Waals surface area contributed by atoms with Gasteiger partial charge in [-0.2, -0.15) is 0 Å². The summed E-state index contributed by atoms with van der Waals surface area (Å²) in [6.07, 6.45) is 6.32. The summed E-state index contributed by atoms with van der Waals surface area (Å²) in [4.78, 5) is 0. The van der Waals surface area contributed by atoms with Crippen LogP contribution in [0.3, 0.4) is 0 Å². The van der Waals surface area contributed by atoms with Crippen molar-refractivity contribution in [1.29, 1.82) is 0 Å². The van der Waals surface area contributed by atoms with Crippen LogP contribution in [0.15, 0.2) is 24.3 Å². The van der Waals surface area contributed by atoms with E-state index in [0.29, 0.717) is 5.92 Å². The third-order valence-corrected chi connectivity index (χ3v) is 5.03. The Balaban J connectivity index is 1.72. The van der Waals surface area contributed by atoms with E-state index in [-0.39, 0.29) is 5.75 Å². The van der Waals surface area contributed by atoms with Gasteiger partial charge in [0.1, 0.15) is 5.75 Å². The average molecular weight is 246 g/mol. The molecule has 0 amide bonds. The number of hydrogen-bond acceptors (Lipinski definition) is 2. The van der Waals surface area contributed by atoms with E-state index in [0.717, 1.165) is 23.8 Å². The fraction of sp³-hybridized carbons (Fsp3) is 0.625. The molecule has 18 heavy (non-hydrogen) atoms. The van der Waals surface area contributed by atoms with Gasteiger partial charge in [-0.3, -0.25) is 0 Å². The zero-order valence-corrected chi connectivity index (χ0v) is 11.0. The molecule has 1 aromatic rings. The molecule has 2 bridgehead atoms. The van der Waals surface area contributed by atoms with Crippen molar-refractivity contribution in [2.45, 2.75) is 44.6 Å². The molecule has 4 atom stereocenters. The zero-order chi connectivity index (χ0) is 12.8. The first-order valence-electron chi connectivity index (χ1n) is 7.06. The number of aromatic hydroxyl groups is 1. The molecule has 4 unspecified atom stereocenters. The molecule has 0 radical (unpaired) electrons. The monoisotopic (exact) mass is 246 g/mol. The molecule has 1 aromatic carbocycles. The van der Waals surface area contributed by atoms with Gasteiger partial charge in [-0.15, -0.1) is 0 Å². The predicted octanol–water partition coefficient (Wildman–Crippen LogP) is 3.43. The first-order chi connectivity index (χ1) is 8.54. The summed E-state index contributed by atoms with van der Waals surface area (Å²) >= 11 is 0. The van der Waals surface area contributed by atoms with Crippen LogP contribution in [-0.2, 0) is 5.60 Å². The summed E-state index contributed by atoms with van der Waals surface area (Å²) in [5.74, 6) is 2.72. The number of phenols is 1. The Labute approximate surface area is 109 Å². The van der Waals surface area contributed by atoms with Crippen LogP contribution in [0.4, 0.5) is 0 Å². The summed E-state index contributed by atoms with van der Waals surface area (Å²) in [6.45, 7) is 1.91. The first kappa shape index (κ1) is 12.0. The molecule has 2 aliphatic rings. The van der Waals surface area contributed by atoms with Crippen molar-refractivity contribution in [2.24, 2.45) is 17.8 Å². The second-order valence-corrected chi connectivity index (χ2v) is 6.46. The highest BCUT2D eigenvalue weighted by atomic mass is 16.3. The van der Waals surface area contributed by atoms with Crippen molar-refractivity contribution in [3.05, 3.63) is 29.8 Å². The summed E-state index contributed by atoms with van der Waals surface area (Å²) < 4.78 is 0. The second kappa shape index (κ2) is 4.27. The van der Waals surface area contributed by atoms with Gasteiger partial charge >= 0.3 is 0 Å². The molecule has 98 valence electrons. The maximum absolute atomic E-state index is 10.7. The third kappa shape index (κ3) is 2.14. The van der Waals surface area contributed by atoms with E-state index < -0.39 is 5.60 Å². The van der Waals surface area contributed by atoms with E-state index in [4.69, 9.17) is 0 Å². The molecule has 0 aromatic heterocycles. The van der Waals surface area contributed by atoms with Crippen LogP contribution in [0.25, 0.3) is 0 Å². The zero-order valence-electron chi connectivity index (χ0n) is 11.0. The summed E-state index contributed by atoms with van der Waals surface area (Å²) in [5, 5.41) is 20.0. The van der Waals surface area contributed by atoms with Crippen molar-refractivity contribution in [2.75, 3.05) is 0 Å². The Morgan fingerprint density at radius 3 is 2.44 bits per heavy atom. The molecule has 2 heteroatoms. The van der Waals surface area contributed by atoms with Crippen molar-refractivity contribution in [1.82, 2.24) is 0 Å². The van der Waals surface area contributed by atoms with Gasteiger partial charge in [0, 0.05) is 0 Å². The number of aliphatic hydroxyl groups is 1. The van der Waals surface area contributed by atoms with Crippen LogP contribution in [0.5, 0.6) is 5.75 Å². The van der Waals surface area contributed by atoms with Gasteiger partial charge in [0.15, 0.2) is 0 Å². The largest absolute Gasteiger partial charge is 0.508 e. The summed E-state index contributed by atoms with van der Waals surface area (Å²) in [6, 6.07) is 6.99. The topological polar surface area (TPSA) is 40.5 Å². The van der Waals surface area contributed by atoms with Gasteiger partial charge < -0.3 is 10.2 Å². The van der Waals surface area contributed by atoms with Gasteiger partial charge in [0.25, 0.3) is 0 Å². The fourth-order valence-corrected chi connectivity index (χ4v) is 4.08. The van der Waals surface area contributed by atoms with Crippen LogP contribution in [0, 0.1) is 17.8 Å². The number of benzene rings is 1. The second-order valence-electron chi connectivity index (χ2n) is 6.46. The highest BCUT2D eigenvalue weighted by Crippen LogP contribution is 2.51. The highest BCUT2D eigenvalue weighted by molar-refractivity contribution is 5.29. The van der Waals surface area contributed by atoms with E-state index in [1.807, 2.05) is 19.1 Å². The lowest BCUT2D eigenvalue weighted by Gasteiger charge is -2.31. The lowest BCUT2D eigenvalue weighted by Crippen LogP contribution is -2.27. The van der Waals surface area contributed by atoms with E-state index >= 15 is 0 Å². The molecule has 0 spiro atoms. The number of hydrogen-bond donors (Lipinski definition) is 2. The molecule has 2 saturated carbocycles. The minimum Gasteiger partial charge on any atom is -0.508 e. The van der Waals surface area contributed by atoms with Crippen LogP contribution < -0.4 is 0 Å². The quantitative estimate of drug-likeness (QED) is 0.858. The minimum atomic E-state index is -0.761. The van der Waals surface area contributed by atoms with Gasteiger partial charge in [-0.25, -0.2) is 0 Å². The molecule has 0 aliphatic heterocycles. The van der Waals surface area contributed by atoms with Crippen LogP contribution in [0.1, 0.15) is 44.6 Å². The molecule has 0 saturated heterocycles. The highest BCUT2D eigenvalue weighted by Gasteiger charge is 2.42. The minimum absolute atomic E-state index is 0.259. The molecule has 2 N–H and O–H groups in total. The molecule has 2 fully saturated rings. The Bertz CT molecular complexity index is 421. The van der Waals surface area contributed by atoms with E-state index in [9.17, 15) is 10.2 Å². The maximum atomic E-state index is 10.7. The van der Waals surface area contributed by atoms with Gasteiger partial charge in [-0.05, 0) is 68.1 Å². The van der Waals surface area contributed by atoms with Crippen molar-refractivity contribution in [3.63, 3.8) is 0 Å². The van der Waals surface area contributed by atoms with Gasteiger partial charge in [0.2, 0.25) is 0 Å². The molecule has 2 aliphatic carbocycles. The van der Waals surface area contributed by atoms with E-state index in [1.165, 1.54) is 25.7 Å². The Morgan fingerprint density at radius 1 is 1.17 bits per heavy atom. The van der Waals surface area contributed by atoms with Crippen molar-refractivity contribution < 1.29 is 10.2 Å². The Morgan fingerprint density at radius 2 is 1.89 bits per heavy atom. The summed E-state index contributed by atoms with van der Waals surface area (Å²) in [7, 11) is 0. The fourth-order valence-electron chi connectivity index (χ4n) is 4.08. The molecule has 0 heterocycles. The van der Waals surface area contributed by atoms with E-state index in [1.54, 1.807) is 12.1 Å². The number of phenolic OH excluding ortho intramolecular Hbond substituents is 1. The molecule has 3 rings (SSSR count). The predicted molar refractivity (Wildman–Crippen MR) is 71.2 cm³/mol. The summed E-state index contributed by atoms with van der Waals surface area (Å²) in [5.41, 5.74) is 0.158. The molecular formula is C16H22O2. The van der Waals surface area contributed by atoms with Gasteiger partial charge in [-0.1, -0.05) is 18.6 Å². The van der Waals surface area contributed by atoms with Crippen LogP contribution in [0.2, 0.25) is 0 Å². The average Bonchev–Trinajstić information content (AvgIpc) is 2.91. The van der Waals surface area contributed by atoms with Crippen molar-refractivity contribution in [3.8, 4) is 5.75 Å². The first-order valence-corrected chi connectivity index (χ1v) is 7.06. The molecule has 2 nitrogen and oxygen atoms in total. The van der Waals surface area contributed by atoms with Crippen LogP contribution in [-0.4, -0.2) is 10.2 Å². The SMILES string of the molecule is CC(O)(CC1CC2CCC1C2)c1ccc(O)cc1. The third-order valence-electron chi connectivity index (χ3n) is 5.03. The smallest absolute Gasteiger partial charge is 0.115 e. The standard InChI is InChI=1S/C16H22O2/c1-16(18,14-4-6-15(17)7-5-14)10-13-9-11-2-3-12(13)8-11/h4-7,11-13,17-18H,2-3,8-10H2,1H3. The lowest BCUT2D eigenvalue weighted by atomic mass is 9.78. The normalized spacial score (nSPS) is 33.6. The van der Waals surface area contributed by atoms with Gasteiger partial charge in [0.05, 0.1) is 5.60 Å². The Kier molecular flexibility index (Phi) is 2.86. The number of rotatable bonds is 3. The van der Waals surface area contributed by atoms with E-state index in [2.05, 4.69) is 0 Å². The Hall–Kier alpha value is -1.02. The lowest BCUT2D eigenvalue weighted by molar-refractivity contribution is 0.0204. The molecular weight excluding hydrogens is 224 g/mol. The van der Waals surface area contributed by atoms with Crippen LogP contribution >= 0.6 is 0 Å². The maximum Gasteiger partial charge on any atom is 0.115 e. The number of fused-ring (bicyclic) bond motifs is 2. The van der Waals surface area contributed by atoms with Crippen molar-refractivity contribution >= 4 is 0 Å².